The van der Waals surface area contributed by atoms with E-state index in [1.165, 1.54) is 38.0 Å². The predicted octanol–water partition coefficient (Wildman–Crippen LogP) is 1.13. The summed E-state index contributed by atoms with van der Waals surface area (Å²) in [6, 6.07) is 0. The van der Waals surface area contributed by atoms with Crippen LogP contribution in [-0.4, -0.2) is 68.3 Å². The molecule has 0 unspecified atom stereocenters. The third-order valence-electron chi connectivity index (χ3n) is 4.89. The molecule has 3 rings (SSSR count). The highest BCUT2D eigenvalue weighted by molar-refractivity contribution is 5.99. The van der Waals surface area contributed by atoms with E-state index in [1.807, 2.05) is 0 Å². The van der Waals surface area contributed by atoms with Gasteiger partial charge >= 0.3 is 17.9 Å². The molecule has 2 aromatic rings. The topological polar surface area (TPSA) is 161 Å². The van der Waals surface area contributed by atoms with Crippen molar-refractivity contribution in [3.63, 3.8) is 0 Å². The van der Waals surface area contributed by atoms with E-state index in [0.717, 1.165) is 0 Å². The maximum atomic E-state index is 12.5. The van der Waals surface area contributed by atoms with Gasteiger partial charge in [-0.3, -0.25) is 23.7 Å². The summed E-state index contributed by atoms with van der Waals surface area (Å²) in [6.07, 6.45) is -1.49. The van der Waals surface area contributed by atoms with Gasteiger partial charge in [-0.1, -0.05) is 20.8 Å². The molecule has 1 amide bonds. The lowest BCUT2D eigenvalue weighted by atomic mass is 9.96. The van der Waals surface area contributed by atoms with Gasteiger partial charge in [0.1, 0.15) is 19.0 Å². The molecular formula is C21H27N5O8. The molecule has 1 fully saturated rings. The van der Waals surface area contributed by atoms with E-state index in [-0.39, 0.29) is 29.5 Å². The highest BCUT2D eigenvalue weighted by Crippen LogP contribution is 2.36. The van der Waals surface area contributed by atoms with Crippen molar-refractivity contribution in [3.8, 4) is 0 Å². The van der Waals surface area contributed by atoms with Crippen LogP contribution in [0.15, 0.2) is 12.7 Å². The number of anilines is 1. The first-order chi connectivity index (χ1) is 15.9. The van der Waals surface area contributed by atoms with Crippen LogP contribution in [0.3, 0.4) is 0 Å². The van der Waals surface area contributed by atoms with Crippen LogP contribution < -0.4 is 5.32 Å². The van der Waals surface area contributed by atoms with Gasteiger partial charge in [-0.15, -0.1) is 0 Å². The zero-order chi connectivity index (χ0) is 25.2. The van der Waals surface area contributed by atoms with Gasteiger partial charge < -0.3 is 24.3 Å². The number of hydrogen-bond acceptors (Lipinski definition) is 11. The summed E-state index contributed by atoms with van der Waals surface area (Å²) in [5.41, 5.74) is -0.121. The molecule has 0 radical (unpaired) electrons. The quantitative estimate of drug-likeness (QED) is 0.469. The predicted molar refractivity (Wildman–Crippen MR) is 115 cm³/mol. The number of aromatic nitrogens is 4. The van der Waals surface area contributed by atoms with Gasteiger partial charge in [0.2, 0.25) is 5.91 Å². The second-order valence-electron chi connectivity index (χ2n) is 8.77. The van der Waals surface area contributed by atoms with E-state index < -0.39 is 47.9 Å². The Balaban J connectivity index is 2.01. The van der Waals surface area contributed by atoms with Crippen LogP contribution in [0.4, 0.5) is 5.82 Å². The summed E-state index contributed by atoms with van der Waals surface area (Å²) in [5, 5.41) is 2.73. The maximum Gasteiger partial charge on any atom is 0.303 e. The monoisotopic (exact) mass is 477 g/mol. The van der Waals surface area contributed by atoms with E-state index in [0.29, 0.717) is 0 Å². The van der Waals surface area contributed by atoms with Crippen LogP contribution in [0.25, 0.3) is 11.2 Å². The first-order valence-electron chi connectivity index (χ1n) is 10.5. The molecule has 4 atom stereocenters. The highest BCUT2D eigenvalue weighted by atomic mass is 16.7. The van der Waals surface area contributed by atoms with E-state index in [2.05, 4.69) is 20.3 Å². The van der Waals surface area contributed by atoms with Crippen LogP contribution in [0.2, 0.25) is 0 Å². The van der Waals surface area contributed by atoms with Crippen LogP contribution >= 0.6 is 0 Å². The maximum absolute atomic E-state index is 12.5. The van der Waals surface area contributed by atoms with Crippen LogP contribution in [-0.2, 0) is 38.1 Å². The number of nitrogens with one attached hydrogen (secondary N) is 1. The Morgan fingerprint density at radius 3 is 2.24 bits per heavy atom. The zero-order valence-electron chi connectivity index (χ0n) is 19.7. The summed E-state index contributed by atoms with van der Waals surface area (Å²) < 4.78 is 23.3. The molecule has 184 valence electrons. The van der Waals surface area contributed by atoms with Crippen LogP contribution in [0.1, 0.15) is 47.8 Å². The molecule has 0 aromatic carbocycles. The number of ether oxygens (including phenoxy) is 4. The molecule has 0 bridgehead atoms. The lowest BCUT2D eigenvalue weighted by Crippen LogP contribution is -2.40. The molecule has 34 heavy (non-hydrogen) atoms. The van der Waals surface area contributed by atoms with E-state index >= 15 is 0 Å². The fourth-order valence-corrected chi connectivity index (χ4v) is 3.34. The molecule has 2 aromatic heterocycles. The molecule has 13 nitrogen and oxygen atoms in total. The first-order valence-corrected chi connectivity index (χ1v) is 10.5. The number of nitrogens with zero attached hydrogens (tertiary/aromatic N) is 4. The van der Waals surface area contributed by atoms with Gasteiger partial charge in [0.25, 0.3) is 0 Å². The Bertz CT molecular complexity index is 1110. The molecule has 3 heterocycles. The standard InChI is InChI=1S/C21H27N5O8/c1-10(27)31-7-13-15(32-11(2)28)16(33-12(3)29)19(34-13)26-9-24-14-17(22-8-23-18(14)26)25-20(30)21(4,5)6/h8-9,13,15-16,19H,7H2,1-6H3,(H,22,23,25,30)/t13-,15-,16-,19-/m1/s1. The minimum atomic E-state index is -1.10. The van der Waals surface area contributed by atoms with E-state index in [9.17, 15) is 19.2 Å². The second-order valence-corrected chi connectivity index (χ2v) is 8.77. The van der Waals surface area contributed by atoms with Crippen molar-refractivity contribution in [2.24, 2.45) is 5.41 Å². The number of rotatable bonds is 6. The normalized spacial score (nSPS) is 22.3. The van der Waals surface area contributed by atoms with E-state index in [4.69, 9.17) is 18.9 Å². The van der Waals surface area contributed by atoms with Crippen molar-refractivity contribution in [1.82, 2.24) is 19.5 Å². The number of fused-ring (bicyclic) bond motifs is 1. The van der Waals surface area contributed by atoms with Crippen molar-refractivity contribution in [2.45, 2.75) is 66.1 Å². The molecular weight excluding hydrogens is 450 g/mol. The van der Waals surface area contributed by atoms with Gasteiger partial charge in [0.15, 0.2) is 35.4 Å². The molecule has 1 N–H and O–H groups in total. The summed E-state index contributed by atoms with van der Waals surface area (Å²) in [5.74, 6) is -1.91. The second kappa shape index (κ2) is 9.71. The van der Waals surface area contributed by atoms with Crippen LogP contribution in [0.5, 0.6) is 0 Å². The molecule has 1 aliphatic heterocycles. The fraction of sp³-hybridized carbons (Fsp3) is 0.571. The lowest BCUT2D eigenvalue weighted by molar-refractivity contribution is -0.166. The molecule has 0 saturated carbocycles. The summed E-state index contributed by atoms with van der Waals surface area (Å²) >= 11 is 0. The Hall–Kier alpha value is -3.61. The number of amides is 1. The molecule has 1 aliphatic rings. The summed E-state index contributed by atoms with van der Waals surface area (Å²) in [4.78, 5) is 60.0. The lowest BCUT2D eigenvalue weighted by Gasteiger charge is -2.23. The van der Waals surface area contributed by atoms with Gasteiger partial charge in [-0.05, 0) is 0 Å². The summed E-state index contributed by atoms with van der Waals surface area (Å²) in [7, 11) is 0. The van der Waals surface area contributed by atoms with Crippen molar-refractivity contribution >= 4 is 40.8 Å². The smallest absolute Gasteiger partial charge is 0.303 e. The molecule has 1 saturated heterocycles. The van der Waals surface area contributed by atoms with Gasteiger partial charge in [-0.2, -0.15) is 0 Å². The van der Waals surface area contributed by atoms with E-state index in [1.54, 1.807) is 20.8 Å². The number of esters is 3. The summed E-state index contributed by atoms with van der Waals surface area (Å²) in [6.45, 7) is 8.66. The van der Waals surface area contributed by atoms with Crippen molar-refractivity contribution in [2.75, 3.05) is 11.9 Å². The molecule has 0 aliphatic carbocycles. The highest BCUT2D eigenvalue weighted by Gasteiger charge is 2.51. The number of carbonyl (C=O) groups excluding carboxylic acids is 4. The minimum Gasteiger partial charge on any atom is -0.463 e. The molecule has 0 spiro atoms. The van der Waals surface area contributed by atoms with Gasteiger partial charge in [0, 0.05) is 26.2 Å². The third kappa shape index (κ3) is 5.47. The van der Waals surface area contributed by atoms with Crippen molar-refractivity contribution < 1.29 is 38.1 Å². The molecule has 13 heteroatoms. The zero-order valence-corrected chi connectivity index (χ0v) is 19.7. The Morgan fingerprint density at radius 1 is 1.00 bits per heavy atom. The minimum absolute atomic E-state index is 0.193. The average Bonchev–Trinajstić information content (AvgIpc) is 3.27. The fourth-order valence-electron chi connectivity index (χ4n) is 3.34. The van der Waals surface area contributed by atoms with Gasteiger partial charge in [0.05, 0.1) is 6.33 Å². The number of carbonyl (C=O) groups is 4. The Morgan fingerprint density at radius 2 is 1.65 bits per heavy atom. The van der Waals surface area contributed by atoms with Crippen LogP contribution in [0, 0.1) is 5.41 Å². The number of imidazole rings is 1. The third-order valence-corrected chi connectivity index (χ3v) is 4.89. The van der Waals surface area contributed by atoms with Crippen molar-refractivity contribution in [1.29, 1.82) is 0 Å². The first kappa shape index (κ1) is 25.0. The Kier molecular flexibility index (Phi) is 7.15. The average molecular weight is 477 g/mol. The number of hydrogen-bond donors (Lipinski definition) is 1. The SMILES string of the molecule is CC(=O)OC[C@H]1O[C@@H](n2cnc3c(NC(=O)C(C)(C)C)ncnc32)[C@H](OC(C)=O)[C@@H]1OC(C)=O. The largest absolute Gasteiger partial charge is 0.463 e. The van der Waals surface area contributed by atoms with Crippen molar-refractivity contribution in [3.05, 3.63) is 12.7 Å². The van der Waals surface area contributed by atoms with Gasteiger partial charge in [-0.25, -0.2) is 15.0 Å². The Labute approximate surface area is 195 Å².